The number of carbonyl (C=O) groups excluding carboxylic acids is 1. The number of nitrogens with two attached hydrogens (primary N) is 1. The van der Waals surface area contributed by atoms with Crippen molar-refractivity contribution in [2.45, 2.75) is 0 Å². The highest BCUT2D eigenvalue weighted by atomic mass is 35.5. The molecule has 0 aromatic carbocycles. The number of nitrogens with zero attached hydrogens (tertiary/aromatic N) is 2. The summed E-state index contributed by atoms with van der Waals surface area (Å²) in [4.78, 5) is 10.4. The molecule has 1 aromatic rings. The van der Waals surface area contributed by atoms with E-state index in [0.29, 0.717) is 0 Å². The molecular formula is C5H4ClN3O. The Balaban J connectivity index is 3.07. The van der Waals surface area contributed by atoms with Gasteiger partial charge in [0, 0.05) is 0 Å². The third-order valence-electron chi connectivity index (χ3n) is 0.909. The average molecular weight is 158 g/mol. The predicted octanol–water partition coefficient (Wildman–Crippen LogP) is 0.229. The van der Waals surface area contributed by atoms with Crippen LogP contribution in [0.25, 0.3) is 0 Å². The van der Waals surface area contributed by atoms with Crippen LogP contribution >= 0.6 is 11.6 Å². The van der Waals surface area contributed by atoms with Crippen LogP contribution in [-0.4, -0.2) is 16.1 Å². The number of halogens is 1. The number of primary amides is 1. The smallest absolute Gasteiger partial charge is 0.250 e. The summed E-state index contributed by atoms with van der Waals surface area (Å²) in [5.74, 6) is -0.559. The van der Waals surface area contributed by atoms with Crippen molar-refractivity contribution in [2.75, 3.05) is 0 Å². The third kappa shape index (κ3) is 1.41. The van der Waals surface area contributed by atoms with E-state index >= 15 is 0 Å². The molecule has 1 rings (SSSR count). The largest absolute Gasteiger partial charge is 0.366 e. The summed E-state index contributed by atoms with van der Waals surface area (Å²) in [5, 5.41) is 7.02. The van der Waals surface area contributed by atoms with Gasteiger partial charge in [0.15, 0.2) is 5.15 Å². The average Bonchev–Trinajstić information content (AvgIpc) is 1.88. The second-order valence-corrected chi connectivity index (χ2v) is 2.02. The first-order valence-corrected chi connectivity index (χ1v) is 2.86. The maximum Gasteiger partial charge on any atom is 0.250 e. The van der Waals surface area contributed by atoms with Crippen LogP contribution in [0, 0.1) is 0 Å². The maximum atomic E-state index is 10.4. The molecule has 0 spiro atoms. The van der Waals surface area contributed by atoms with Crippen molar-refractivity contribution in [3.63, 3.8) is 0 Å². The van der Waals surface area contributed by atoms with Gasteiger partial charge >= 0.3 is 0 Å². The molecule has 0 aliphatic rings. The summed E-state index contributed by atoms with van der Waals surface area (Å²) >= 11 is 5.41. The van der Waals surface area contributed by atoms with Crippen molar-refractivity contribution in [1.82, 2.24) is 10.2 Å². The first-order chi connectivity index (χ1) is 4.70. The van der Waals surface area contributed by atoms with Gasteiger partial charge in [-0.3, -0.25) is 4.79 Å². The minimum Gasteiger partial charge on any atom is -0.366 e. The standard InChI is InChI=1S/C5H4ClN3O/c6-4-1-3(5(7)10)2-8-9-4/h1-2H,(H2,7,10). The number of aromatic nitrogens is 2. The molecule has 0 saturated carbocycles. The SMILES string of the molecule is NC(=O)c1cnnc(Cl)c1. The normalized spacial score (nSPS) is 9.30. The fourth-order valence-electron chi connectivity index (χ4n) is 0.475. The van der Waals surface area contributed by atoms with Gasteiger partial charge in [-0.2, -0.15) is 5.10 Å². The predicted molar refractivity (Wildman–Crippen MR) is 35.6 cm³/mol. The van der Waals surface area contributed by atoms with Crippen LogP contribution in [0.4, 0.5) is 0 Å². The number of amides is 1. The lowest BCUT2D eigenvalue weighted by Gasteiger charge is -1.91. The van der Waals surface area contributed by atoms with Crippen molar-refractivity contribution < 1.29 is 4.79 Å². The highest BCUT2D eigenvalue weighted by Gasteiger charge is 2.00. The Kier molecular flexibility index (Phi) is 1.82. The summed E-state index contributed by atoms with van der Waals surface area (Å²) in [6.07, 6.45) is 1.26. The van der Waals surface area contributed by atoms with Crippen LogP contribution in [0.5, 0.6) is 0 Å². The molecule has 0 bridgehead atoms. The zero-order valence-corrected chi connectivity index (χ0v) is 5.67. The minimum absolute atomic E-state index is 0.163. The van der Waals surface area contributed by atoms with E-state index in [1.165, 1.54) is 12.3 Å². The molecule has 0 atom stereocenters. The quantitative estimate of drug-likeness (QED) is 0.635. The fourth-order valence-corrected chi connectivity index (χ4v) is 0.637. The minimum atomic E-state index is -0.559. The van der Waals surface area contributed by atoms with E-state index in [9.17, 15) is 4.79 Å². The molecule has 0 aliphatic heterocycles. The maximum absolute atomic E-state index is 10.4. The van der Waals surface area contributed by atoms with Gasteiger partial charge in [-0.15, -0.1) is 5.10 Å². The van der Waals surface area contributed by atoms with E-state index in [-0.39, 0.29) is 10.7 Å². The Bertz CT molecular complexity index is 263. The summed E-state index contributed by atoms with van der Waals surface area (Å²) < 4.78 is 0. The van der Waals surface area contributed by atoms with Gasteiger partial charge in [0.2, 0.25) is 5.91 Å². The topological polar surface area (TPSA) is 68.9 Å². The van der Waals surface area contributed by atoms with Crippen molar-refractivity contribution in [1.29, 1.82) is 0 Å². The van der Waals surface area contributed by atoms with E-state index < -0.39 is 5.91 Å². The van der Waals surface area contributed by atoms with Gasteiger partial charge in [0.05, 0.1) is 11.8 Å². The van der Waals surface area contributed by atoms with Gasteiger partial charge < -0.3 is 5.73 Å². The number of hydrogen-bond donors (Lipinski definition) is 1. The first kappa shape index (κ1) is 6.95. The van der Waals surface area contributed by atoms with E-state index in [1.807, 2.05) is 0 Å². The lowest BCUT2D eigenvalue weighted by molar-refractivity contribution is 0.1000. The number of carbonyl (C=O) groups is 1. The molecule has 0 aliphatic carbocycles. The van der Waals surface area contributed by atoms with E-state index in [4.69, 9.17) is 17.3 Å². The van der Waals surface area contributed by atoms with Crippen molar-refractivity contribution >= 4 is 17.5 Å². The van der Waals surface area contributed by atoms with E-state index in [1.54, 1.807) is 0 Å². The van der Waals surface area contributed by atoms with Gasteiger partial charge in [-0.25, -0.2) is 0 Å². The molecule has 0 unspecified atom stereocenters. The molecule has 5 heteroatoms. The van der Waals surface area contributed by atoms with Gasteiger partial charge in [0.25, 0.3) is 0 Å². The zero-order valence-electron chi connectivity index (χ0n) is 4.91. The molecule has 52 valence electrons. The monoisotopic (exact) mass is 157 g/mol. The zero-order chi connectivity index (χ0) is 7.56. The molecule has 1 aromatic heterocycles. The Labute approximate surface area is 62.0 Å². The van der Waals surface area contributed by atoms with E-state index in [0.717, 1.165) is 0 Å². The van der Waals surface area contributed by atoms with Gasteiger partial charge in [-0.05, 0) is 6.07 Å². The molecule has 1 amide bonds. The van der Waals surface area contributed by atoms with Crippen LogP contribution in [0.15, 0.2) is 12.3 Å². The Morgan fingerprint density at radius 1 is 1.70 bits per heavy atom. The van der Waals surface area contributed by atoms with Gasteiger partial charge in [-0.1, -0.05) is 11.6 Å². The summed E-state index contributed by atoms with van der Waals surface area (Å²) in [7, 11) is 0. The fraction of sp³-hybridized carbons (Fsp3) is 0. The summed E-state index contributed by atoms with van der Waals surface area (Å²) in [6.45, 7) is 0. The van der Waals surface area contributed by atoms with Crippen LogP contribution in [-0.2, 0) is 0 Å². The van der Waals surface area contributed by atoms with Crippen LogP contribution in [0.2, 0.25) is 5.15 Å². The first-order valence-electron chi connectivity index (χ1n) is 2.48. The Hall–Kier alpha value is -1.16. The number of hydrogen-bond acceptors (Lipinski definition) is 3. The number of rotatable bonds is 1. The second-order valence-electron chi connectivity index (χ2n) is 1.63. The van der Waals surface area contributed by atoms with Crippen molar-refractivity contribution in [3.8, 4) is 0 Å². The van der Waals surface area contributed by atoms with Crippen LogP contribution < -0.4 is 5.73 Å². The van der Waals surface area contributed by atoms with E-state index in [2.05, 4.69) is 10.2 Å². The lowest BCUT2D eigenvalue weighted by Crippen LogP contribution is -2.11. The van der Waals surface area contributed by atoms with Crippen molar-refractivity contribution in [2.24, 2.45) is 5.73 Å². The molecule has 10 heavy (non-hydrogen) atoms. The van der Waals surface area contributed by atoms with Crippen molar-refractivity contribution in [3.05, 3.63) is 23.0 Å². The van der Waals surface area contributed by atoms with Gasteiger partial charge in [0.1, 0.15) is 0 Å². The third-order valence-corrected chi connectivity index (χ3v) is 1.09. The highest BCUT2D eigenvalue weighted by Crippen LogP contribution is 2.03. The molecule has 0 saturated heterocycles. The molecule has 4 nitrogen and oxygen atoms in total. The molecule has 1 heterocycles. The highest BCUT2D eigenvalue weighted by molar-refractivity contribution is 6.29. The summed E-state index contributed by atoms with van der Waals surface area (Å²) in [6, 6.07) is 1.36. The molecule has 2 N–H and O–H groups in total. The summed E-state index contributed by atoms with van der Waals surface area (Å²) in [5.41, 5.74) is 5.18. The van der Waals surface area contributed by atoms with Crippen LogP contribution in [0.1, 0.15) is 10.4 Å². The second kappa shape index (κ2) is 2.62. The van der Waals surface area contributed by atoms with Crippen LogP contribution in [0.3, 0.4) is 0 Å². The molecule has 0 radical (unpaired) electrons. The lowest BCUT2D eigenvalue weighted by atomic mass is 10.3. The molecular weight excluding hydrogens is 154 g/mol. The molecule has 0 fully saturated rings. The Morgan fingerprint density at radius 2 is 2.40 bits per heavy atom. The Morgan fingerprint density at radius 3 is 2.80 bits per heavy atom.